The molecule has 1 aromatic carbocycles. The molecule has 14 heteroatoms. The van der Waals surface area contributed by atoms with Crippen molar-refractivity contribution in [1.82, 2.24) is 14.8 Å². The molecule has 170 valence electrons. The lowest BCUT2D eigenvalue weighted by molar-refractivity contribution is -0.274. The van der Waals surface area contributed by atoms with E-state index < -0.39 is 28.7 Å². The minimum Gasteiger partial charge on any atom is -0.407 e. The highest BCUT2D eigenvalue weighted by Crippen LogP contribution is 2.35. The number of aromatic nitrogens is 1. The molecule has 1 saturated heterocycles. The van der Waals surface area contributed by atoms with Crippen molar-refractivity contribution in [2.75, 3.05) is 20.1 Å². The number of benzene rings is 1. The maximum absolute atomic E-state index is 12.6. The third kappa shape index (κ3) is 5.94. The summed E-state index contributed by atoms with van der Waals surface area (Å²) in [4.78, 5) is 30.9. The largest absolute Gasteiger partial charge is 0.573 e. The smallest absolute Gasteiger partial charge is 0.407 e. The summed E-state index contributed by atoms with van der Waals surface area (Å²) < 4.78 is 70.2. The SMILES string of the molecule is CN1CCN(Cc2ccc(-c3cc(OC(F)(F)F)ccc3OC(=O)N=S(=O)=O)nc2)C1=O. The van der Waals surface area contributed by atoms with Crippen molar-refractivity contribution in [3.63, 3.8) is 0 Å². The van der Waals surface area contributed by atoms with Crippen molar-refractivity contribution in [3.05, 3.63) is 42.1 Å². The molecule has 0 N–H and O–H groups in total. The van der Waals surface area contributed by atoms with Crippen molar-refractivity contribution < 1.29 is 40.7 Å². The number of hydrogen-bond donors (Lipinski definition) is 0. The molecule has 0 saturated carbocycles. The van der Waals surface area contributed by atoms with Gasteiger partial charge in [-0.25, -0.2) is 9.59 Å². The van der Waals surface area contributed by atoms with Gasteiger partial charge >= 0.3 is 29.0 Å². The summed E-state index contributed by atoms with van der Waals surface area (Å²) in [5.41, 5.74) is 0.697. The van der Waals surface area contributed by atoms with Gasteiger partial charge < -0.3 is 19.3 Å². The molecular formula is C18H15F3N4O6S. The minimum absolute atomic E-state index is 0.0736. The zero-order chi connectivity index (χ0) is 23.5. The molecule has 10 nitrogen and oxygen atoms in total. The van der Waals surface area contributed by atoms with Gasteiger partial charge in [0.25, 0.3) is 0 Å². The molecule has 3 rings (SSSR count). The van der Waals surface area contributed by atoms with E-state index >= 15 is 0 Å². The third-order valence-electron chi connectivity index (χ3n) is 4.31. The highest BCUT2D eigenvalue weighted by molar-refractivity contribution is 7.62. The van der Waals surface area contributed by atoms with Crippen LogP contribution in [0.25, 0.3) is 11.3 Å². The second-order valence-electron chi connectivity index (χ2n) is 6.56. The van der Waals surface area contributed by atoms with Gasteiger partial charge in [0.15, 0.2) is 0 Å². The number of nitrogens with zero attached hydrogens (tertiary/aromatic N) is 4. The fraction of sp³-hybridized carbons (Fsp3) is 0.278. The van der Waals surface area contributed by atoms with Crippen LogP contribution in [0, 0.1) is 0 Å². The number of ether oxygens (including phenoxy) is 2. The van der Waals surface area contributed by atoms with Crippen LogP contribution in [0.1, 0.15) is 5.56 Å². The first-order valence-electron chi connectivity index (χ1n) is 8.90. The summed E-state index contributed by atoms with van der Waals surface area (Å²) in [5, 5.41) is 0. The lowest BCUT2D eigenvalue weighted by Gasteiger charge is -2.16. The topological polar surface area (TPSA) is 118 Å². The Labute approximate surface area is 180 Å². The lowest BCUT2D eigenvalue weighted by Crippen LogP contribution is -2.28. The molecule has 3 amide bonds. The Bertz CT molecular complexity index is 1160. The van der Waals surface area contributed by atoms with E-state index in [1.807, 2.05) is 0 Å². The van der Waals surface area contributed by atoms with Crippen LogP contribution in [0.5, 0.6) is 11.5 Å². The summed E-state index contributed by atoms with van der Waals surface area (Å²) in [6.45, 7) is 1.41. The first-order valence-corrected chi connectivity index (χ1v) is 9.93. The predicted molar refractivity (Wildman–Crippen MR) is 102 cm³/mol. The quantitative estimate of drug-likeness (QED) is 0.656. The van der Waals surface area contributed by atoms with Crippen molar-refractivity contribution in [3.8, 4) is 22.8 Å². The zero-order valence-corrected chi connectivity index (χ0v) is 17.2. The number of rotatable bonds is 5. The Hall–Kier alpha value is -3.68. The van der Waals surface area contributed by atoms with E-state index in [1.54, 1.807) is 22.9 Å². The summed E-state index contributed by atoms with van der Waals surface area (Å²) in [7, 11) is -1.40. The average molecular weight is 472 g/mol. The number of urea groups is 1. The van der Waals surface area contributed by atoms with Gasteiger partial charge in [-0.15, -0.1) is 13.2 Å². The number of alkyl halides is 3. The Morgan fingerprint density at radius 2 is 1.97 bits per heavy atom. The number of amides is 3. The van der Waals surface area contributed by atoms with E-state index in [0.717, 1.165) is 18.2 Å². The van der Waals surface area contributed by atoms with Crippen LogP contribution < -0.4 is 9.47 Å². The highest BCUT2D eigenvalue weighted by Gasteiger charge is 2.31. The summed E-state index contributed by atoms with van der Waals surface area (Å²) in [6.07, 6.45) is -5.03. The van der Waals surface area contributed by atoms with E-state index in [4.69, 9.17) is 4.74 Å². The molecule has 2 heterocycles. The van der Waals surface area contributed by atoms with Crippen LogP contribution in [0.3, 0.4) is 0 Å². The third-order valence-corrected chi connectivity index (χ3v) is 4.61. The van der Waals surface area contributed by atoms with Gasteiger partial charge in [-0.05, 0) is 29.8 Å². The van der Waals surface area contributed by atoms with Gasteiger partial charge in [0, 0.05) is 38.4 Å². The summed E-state index contributed by atoms with van der Waals surface area (Å²) in [6, 6.07) is 5.73. The Morgan fingerprint density at radius 3 is 2.53 bits per heavy atom. The van der Waals surface area contributed by atoms with E-state index in [9.17, 15) is 31.2 Å². The molecule has 1 fully saturated rings. The summed E-state index contributed by atoms with van der Waals surface area (Å²) in [5.74, 6) is -0.886. The molecule has 0 radical (unpaired) electrons. The van der Waals surface area contributed by atoms with Gasteiger partial charge in [-0.1, -0.05) is 10.4 Å². The molecule has 0 unspecified atom stereocenters. The number of halogens is 3. The summed E-state index contributed by atoms with van der Waals surface area (Å²) >= 11 is 0. The Kier molecular flexibility index (Phi) is 6.62. The van der Waals surface area contributed by atoms with E-state index in [1.165, 1.54) is 12.3 Å². The number of pyridine rings is 1. The fourth-order valence-corrected chi connectivity index (χ4v) is 3.08. The van der Waals surface area contributed by atoms with Crippen LogP contribution in [-0.4, -0.2) is 61.8 Å². The molecule has 1 aliphatic heterocycles. The molecular weight excluding hydrogens is 457 g/mol. The number of carbonyl (C=O) groups excluding carboxylic acids is 2. The molecule has 0 aliphatic carbocycles. The van der Waals surface area contributed by atoms with Gasteiger partial charge in [0.1, 0.15) is 11.5 Å². The van der Waals surface area contributed by atoms with E-state index in [0.29, 0.717) is 18.7 Å². The van der Waals surface area contributed by atoms with Gasteiger partial charge in [-0.2, -0.15) is 8.42 Å². The standard InChI is InChI=1S/C18H15F3N4O6S/c1-24-6-7-25(17(24)27)10-11-2-4-14(22-9-11)13-8-12(31-18(19,20)21)3-5-15(13)30-16(26)23-32(28)29/h2-5,8-9H,6-7,10H2,1H3. The molecule has 2 aromatic rings. The molecule has 32 heavy (non-hydrogen) atoms. The molecule has 0 spiro atoms. The Morgan fingerprint density at radius 1 is 1.22 bits per heavy atom. The maximum atomic E-state index is 12.6. The Balaban J connectivity index is 1.90. The molecule has 0 bridgehead atoms. The van der Waals surface area contributed by atoms with Crippen LogP contribution >= 0.6 is 0 Å². The highest BCUT2D eigenvalue weighted by atomic mass is 32.2. The molecule has 1 aromatic heterocycles. The first-order chi connectivity index (χ1) is 15.0. The van der Waals surface area contributed by atoms with E-state index in [-0.39, 0.29) is 29.6 Å². The predicted octanol–water partition coefficient (Wildman–Crippen LogP) is 3.08. The second-order valence-corrected chi connectivity index (χ2v) is 7.18. The van der Waals surface area contributed by atoms with E-state index in [2.05, 4.69) is 14.1 Å². The number of likely N-dealkylation sites (N-methyl/N-ethyl adjacent to an activating group) is 1. The number of hydrogen-bond acceptors (Lipinski definition) is 7. The lowest BCUT2D eigenvalue weighted by atomic mass is 10.1. The fourth-order valence-electron chi connectivity index (χ4n) is 2.92. The normalized spacial score (nSPS) is 13.8. The second kappa shape index (κ2) is 9.21. The van der Waals surface area contributed by atoms with Crippen LogP contribution in [0.15, 0.2) is 40.9 Å². The van der Waals surface area contributed by atoms with Gasteiger partial charge in [0.05, 0.1) is 5.69 Å². The average Bonchev–Trinajstić information content (AvgIpc) is 3.00. The maximum Gasteiger partial charge on any atom is 0.573 e. The monoisotopic (exact) mass is 472 g/mol. The van der Waals surface area contributed by atoms with Crippen LogP contribution in [0.4, 0.5) is 22.8 Å². The minimum atomic E-state index is -4.96. The molecule has 0 atom stereocenters. The zero-order valence-electron chi connectivity index (χ0n) is 16.4. The van der Waals surface area contributed by atoms with Crippen LogP contribution in [0.2, 0.25) is 0 Å². The van der Waals surface area contributed by atoms with Crippen molar-refractivity contribution in [2.24, 2.45) is 4.36 Å². The van der Waals surface area contributed by atoms with Gasteiger partial charge in [0.2, 0.25) is 0 Å². The van der Waals surface area contributed by atoms with Gasteiger partial charge in [-0.3, -0.25) is 4.98 Å². The van der Waals surface area contributed by atoms with Crippen molar-refractivity contribution in [2.45, 2.75) is 12.9 Å². The first kappa shape index (κ1) is 23.0. The van der Waals surface area contributed by atoms with Crippen molar-refractivity contribution in [1.29, 1.82) is 0 Å². The molecule has 1 aliphatic rings. The number of carbonyl (C=O) groups is 2. The van der Waals surface area contributed by atoms with Crippen molar-refractivity contribution >= 4 is 22.6 Å². The van der Waals surface area contributed by atoms with Crippen LogP contribution in [-0.2, 0) is 17.0 Å².